The molecule has 118 valence electrons. The Morgan fingerprint density at radius 3 is 2.57 bits per heavy atom. The number of rotatable bonds is 3. The van der Waals surface area contributed by atoms with Crippen LogP contribution >= 0.6 is 0 Å². The number of anilines is 1. The molecular formula is C18H19N3O2. The molecule has 0 saturated carbocycles. The zero-order valence-corrected chi connectivity index (χ0v) is 13.0. The molecule has 1 N–H and O–H groups in total. The van der Waals surface area contributed by atoms with E-state index in [-0.39, 0.29) is 17.9 Å². The second kappa shape index (κ2) is 6.71. The Morgan fingerprint density at radius 1 is 1.17 bits per heavy atom. The fourth-order valence-electron chi connectivity index (χ4n) is 2.67. The fourth-order valence-corrected chi connectivity index (χ4v) is 2.67. The van der Waals surface area contributed by atoms with Gasteiger partial charge in [0.1, 0.15) is 5.82 Å². The van der Waals surface area contributed by atoms with E-state index < -0.39 is 0 Å². The lowest BCUT2D eigenvalue weighted by Gasteiger charge is -2.23. The van der Waals surface area contributed by atoms with Crippen molar-refractivity contribution in [2.75, 3.05) is 11.4 Å². The van der Waals surface area contributed by atoms with Gasteiger partial charge in [-0.1, -0.05) is 24.3 Å². The van der Waals surface area contributed by atoms with Crippen molar-refractivity contribution >= 4 is 17.6 Å². The minimum atomic E-state index is -0.347. The molecular weight excluding hydrogens is 290 g/mol. The Hall–Kier alpha value is -2.53. The average molecular weight is 309 g/mol. The van der Waals surface area contributed by atoms with Gasteiger partial charge in [0.05, 0.1) is 6.04 Å². The maximum atomic E-state index is 12.9. The maximum Gasteiger partial charge on any atom is 0.266 e. The van der Waals surface area contributed by atoms with Crippen LogP contribution in [0.3, 0.4) is 0 Å². The second-order valence-corrected chi connectivity index (χ2v) is 5.69. The van der Waals surface area contributed by atoms with E-state index in [4.69, 9.17) is 0 Å². The number of benzene rings is 1. The Morgan fingerprint density at radius 2 is 1.96 bits per heavy atom. The largest absolute Gasteiger partial charge is 0.306 e. The zero-order chi connectivity index (χ0) is 16.2. The molecule has 5 nitrogen and oxygen atoms in total. The van der Waals surface area contributed by atoms with Crippen molar-refractivity contribution in [2.45, 2.75) is 25.8 Å². The summed E-state index contributed by atoms with van der Waals surface area (Å²) in [5.41, 5.74) is 1.45. The minimum Gasteiger partial charge on any atom is -0.306 e. The van der Waals surface area contributed by atoms with Crippen LogP contribution < -0.4 is 10.2 Å². The van der Waals surface area contributed by atoms with Gasteiger partial charge >= 0.3 is 0 Å². The quantitative estimate of drug-likeness (QED) is 0.884. The molecule has 1 unspecified atom stereocenters. The van der Waals surface area contributed by atoms with E-state index in [1.165, 1.54) is 4.90 Å². The summed E-state index contributed by atoms with van der Waals surface area (Å²) >= 11 is 0. The number of nitrogens with zero attached hydrogens (tertiary/aromatic N) is 2. The first-order valence-electron chi connectivity index (χ1n) is 7.76. The molecule has 0 spiro atoms. The van der Waals surface area contributed by atoms with Crippen LogP contribution in [0.4, 0.5) is 5.82 Å². The highest BCUT2D eigenvalue weighted by molar-refractivity contribution is 6.21. The summed E-state index contributed by atoms with van der Waals surface area (Å²) in [5, 5.41) is 3.15. The van der Waals surface area contributed by atoms with E-state index in [9.17, 15) is 9.59 Å². The van der Waals surface area contributed by atoms with Gasteiger partial charge in [-0.05, 0) is 50.1 Å². The smallest absolute Gasteiger partial charge is 0.266 e. The Bertz CT molecular complexity index is 692. The van der Waals surface area contributed by atoms with E-state index in [0.29, 0.717) is 11.4 Å². The van der Waals surface area contributed by atoms with Gasteiger partial charge in [-0.3, -0.25) is 9.59 Å². The molecule has 5 heteroatoms. The molecule has 1 aliphatic heterocycles. The number of hydrogen-bond acceptors (Lipinski definition) is 4. The van der Waals surface area contributed by atoms with Crippen molar-refractivity contribution in [1.29, 1.82) is 0 Å². The van der Waals surface area contributed by atoms with E-state index in [1.807, 2.05) is 19.1 Å². The molecule has 3 rings (SSSR count). The second-order valence-electron chi connectivity index (χ2n) is 5.69. The van der Waals surface area contributed by atoms with Crippen LogP contribution in [0.15, 0.2) is 48.7 Å². The third-order valence-corrected chi connectivity index (χ3v) is 3.93. The Kier molecular flexibility index (Phi) is 4.48. The van der Waals surface area contributed by atoms with Gasteiger partial charge in [-0.15, -0.1) is 0 Å². The molecule has 0 aliphatic carbocycles. The maximum absolute atomic E-state index is 12.9. The van der Waals surface area contributed by atoms with Crippen molar-refractivity contribution in [1.82, 2.24) is 10.3 Å². The number of hydrogen-bond donors (Lipinski definition) is 1. The number of nitrogens with one attached hydrogen (secondary N) is 1. The first-order valence-corrected chi connectivity index (χ1v) is 7.76. The number of amides is 2. The van der Waals surface area contributed by atoms with Crippen molar-refractivity contribution in [3.05, 3.63) is 59.8 Å². The van der Waals surface area contributed by atoms with Gasteiger partial charge in [0, 0.05) is 11.8 Å². The third-order valence-electron chi connectivity index (χ3n) is 3.93. The van der Waals surface area contributed by atoms with E-state index in [0.717, 1.165) is 24.9 Å². The van der Waals surface area contributed by atoms with E-state index in [1.54, 1.807) is 36.5 Å². The molecule has 2 heterocycles. The van der Waals surface area contributed by atoms with Crippen molar-refractivity contribution in [3.63, 3.8) is 0 Å². The normalized spacial score (nSPS) is 17.0. The molecule has 1 aromatic heterocycles. The van der Waals surface area contributed by atoms with Gasteiger partial charge in [-0.25, -0.2) is 9.88 Å². The topological polar surface area (TPSA) is 62.3 Å². The first-order chi connectivity index (χ1) is 11.2. The summed E-state index contributed by atoms with van der Waals surface area (Å²) in [5.74, 6) is -0.225. The highest BCUT2D eigenvalue weighted by Crippen LogP contribution is 2.19. The van der Waals surface area contributed by atoms with Gasteiger partial charge in [0.15, 0.2) is 0 Å². The Balaban J connectivity index is 1.97. The van der Waals surface area contributed by atoms with E-state index in [2.05, 4.69) is 10.3 Å². The van der Waals surface area contributed by atoms with Crippen LogP contribution in [0.1, 0.15) is 28.8 Å². The predicted octanol–water partition coefficient (Wildman–Crippen LogP) is 2.32. The summed E-state index contributed by atoms with van der Waals surface area (Å²) in [6, 6.07) is 12.1. The van der Waals surface area contributed by atoms with Crippen LogP contribution in [0.25, 0.3) is 0 Å². The fraction of sp³-hybridized carbons (Fsp3) is 0.278. The molecule has 1 saturated heterocycles. The zero-order valence-electron chi connectivity index (χ0n) is 13.0. The summed E-state index contributed by atoms with van der Waals surface area (Å²) < 4.78 is 0. The van der Waals surface area contributed by atoms with Crippen molar-refractivity contribution in [2.24, 2.45) is 0 Å². The van der Waals surface area contributed by atoms with Gasteiger partial charge in [-0.2, -0.15) is 0 Å². The highest BCUT2D eigenvalue weighted by atomic mass is 16.2. The molecule has 2 aromatic rings. The highest BCUT2D eigenvalue weighted by Gasteiger charge is 2.33. The van der Waals surface area contributed by atoms with Crippen molar-refractivity contribution in [3.8, 4) is 0 Å². The lowest BCUT2D eigenvalue weighted by atomic mass is 10.1. The molecule has 2 amide bonds. The molecule has 0 bridgehead atoms. The molecule has 1 atom stereocenters. The van der Waals surface area contributed by atoms with Crippen LogP contribution in [-0.2, 0) is 4.79 Å². The van der Waals surface area contributed by atoms with Gasteiger partial charge in [0.2, 0.25) is 0 Å². The monoisotopic (exact) mass is 309 g/mol. The average Bonchev–Trinajstić information content (AvgIpc) is 3.12. The number of carbonyl (C=O) groups is 2. The SMILES string of the molecule is Cc1ccc(N(C(=O)c2ccccc2)C(=O)C2CCCN2)nc1. The van der Waals surface area contributed by atoms with Crippen LogP contribution in [0.5, 0.6) is 0 Å². The van der Waals surface area contributed by atoms with E-state index >= 15 is 0 Å². The summed E-state index contributed by atoms with van der Waals surface area (Å²) in [6.07, 6.45) is 3.34. The predicted molar refractivity (Wildman–Crippen MR) is 88.3 cm³/mol. The number of imide groups is 1. The molecule has 1 fully saturated rings. The van der Waals surface area contributed by atoms with Crippen LogP contribution in [-0.4, -0.2) is 29.4 Å². The summed E-state index contributed by atoms with van der Waals surface area (Å²) in [4.78, 5) is 31.2. The Labute approximate surface area is 135 Å². The molecule has 23 heavy (non-hydrogen) atoms. The summed E-state index contributed by atoms with van der Waals surface area (Å²) in [7, 11) is 0. The number of pyridine rings is 1. The van der Waals surface area contributed by atoms with Gasteiger partial charge < -0.3 is 5.32 Å². The number of aryl methyl sites for hydroxylation is 1. The van der Waals surface area contributed by atoms with Gasteiger partial charge in [0.25, 0.3) is 11.8 Å². The molecule has 1 aromatic carbocycles. The minimum absolute atomic E-state index is 0.243. The number of aromatic nitrogens is 1. The van der Waals surface area contributed by atoms with Crippen LogP contribution in [0, 0.1) is 6.92 Å². The van der Waals surface area contributed by atoms with Crippen LogP contribution in [0.2, 0.25) is 0 Å². The number of carbonyl (C=O) groups excluding carboxylic acids is 2. The molecule has 0 radical (unpaired) electrons. The lowest BCUT2D eigenvalue weighted by Crippen LogP contribution is -2.47. The molecule has 1 aliphatic rings. The third kappa shape index (κ3) is 3.29. The van der Waals surface area contributed by atoms with Crippen molar-refractivity contribution < 1.29 is 9.59 Å². The standard InChI is InChI=1S/C18H19N3O2/c1-13-9-10-16(20-12-13)21(18(23)15-8-5-11-19-15)17(22)14-6-3-2-4-7-14/h2-4,6-7,9-10,12,15,19H,5,8,11H2,1H3. The lowest BCUT2D eigenvalue weighted by molar-refractivity contribution is -0.119. The summed E-state index contributed by atoms with van der Waals surface area (Å²) in [6.45, 7) is 2.71. The first kappa shape index (κ1) is 15.4.